The first-order chi connectivity index (χ1) is 8.11. The van der Waals surface area contributed by atoms with Gasteiger partial charge in [-0.1, -0.05) is 17.7 Å². The molecule has 1 rings (SSSR count). The number of hydrogen-bond donors (Lipinski definition) is 1. The lowest BCUT2D eigenvalue weighted by molar-refractivity contribution is 0.391. The van der Waals surface area contributed by atoms with Crippen molar-refractivity contribution in [1.82, 2.24) is 10.2 Å². The molecule has 0 aromatic heterocycles. The van der Waals surface area contributed by atoms with E-state index in [-0.39, 0.29) is 5.82 Å². The van der Waals surface area contributed by atoms with Gasteiger partial charge < -0.3 is 10.2 Å². The molecule has 17 heavy (non-hydrogen) atoms. The third kappa shape index (κ3) is 5.48. The van der Waals surface area contributed by atoms with Gasteiger partial charge in [0.25, 0.3) is 0 Å². The lowest BCUT2D eigenvalue weighted by Crippen LogP contribution is -2.18. The van der Waals surface area contributed by atoms with Crippen LogP contribution in [0.3, 0.4) is 0 Å². The lowest BCUT2D eigenvalue weighted by Gasteiger charge is -2.10. The Morgan fingerprint density at radius 3 is 2.71 bits per heavy atom. The average molecular weight is 259 g/mol. The largest absolute Gasteiger partial charge is 0.313 e. The number of hydrogen-bond acceptors (Lipinski definition) is 2. The Balaban J connectivity index is 2.22. The summed E-state index contributed by atoms with van der Waals surface area (Å²) in [7, 11) is 4.12. The zero-order chi connectivity index (χ0) is 12.7. The van der Waals surface area contributed by atoms with Gasteiger partial charge in [-0.25, -0.2) is 4.39 Å². The molecule has 0 spiro atoms. The summed E-state index contributed by atoms with van der Waals surface area (Å²) in [4.78, 5) is 2.16. The Labute approximate surface area is 108 Å². The summed E-state index contributed by atoms with van der Waals surface area (Å²) in [5, 5.41) is 3.71. The predicted molar refractivity (Wildman–Crippen MR) is 70.9 cm³/mol. The minimum atomic E-state index is -0.238. The van der Waals surface area contributed by atoms with E-state index in [9.17, 15) is 4.39 Å². The van der Waals surface area contributed by atoms with Crippen LogP contribution in [0.25, 0.3) is 0 Å². The summed E-state index contributed by atoms with van der Waals surface area (Å²) in [6.45, 7) is 2.47. The van der Waals surface area contributed by atoms with Crippen LogP contribution in [0, 0.1) is 5.82 Å². The number of halogens is 2. The molecule has 0 radical (unpaired) electrons. The number of nitrogens with zero attached hydrogens (tertiary/aromatic N) is 1. The van der Waals surface area contributed by atoms with Gasteiger partial charge in [-0.2, -0.15) is 0 Å². The molecule has 2 nitrogen and oxygen atoms in total. The topological polar surface area (TPSA) is 15.3 Å². The second kappa shape index (κ2) is 7.64. The standard InChI is InChI=1S/C13H20ClFN2/c1-17(2)9-4-3-8-16-10-11-12(14)6-5-7-13(11)15/h5-7,16H,3-4,8-10H2,1-2H3. The maximum Gasteiger partial charge on any atom is 0.129 e. The number of unbranched alkanes of at least 4 members (excludes halogenated alkanes) is 1. The van der Waals surface area contributed by atoms with Gasteiger partial charge in [-0.3, -0.25) is 0 Å². The van der Waals surface area contributed by atoms with Crippen molar-refractivity contribution in [2.45, 2.75) is 19.4 Å². The Hall–Kier alpha value is -0.640. The molecule has 1 aromatic carbocycles. The highest BCUT2D eigenvalue weighted by Gasteiger charge is 2.05. The van der Waals surface area contributed by atoms with Crippen molar-refractivity contribution in [2.75, 3.05) is 27.2 Å². The summed E-state index contributed by atoms with van der Waals surface area (Å²) in [5.74, 6) is -0.238. The zero-order valence-corrected chi connectivity index (χ0v) is 11.2. The van der Waals surface area contributed by atoms with Gasteiger partial charge in [-0.15, -0.1) is 0 Å². The van der Waals surface area contributed by atoms with E-state index in [1.807, 2.05) is 0 Å². The molecular weight excluding hydrogens is 239 g/mol. The molecule has 0 bridgehead atoms. The fourth-order valence-corrected chi connectivity index (χ4v) is 1.82. The van der Waals surface area contributed by atoms with Crippen LogP contribution >= 0.6 is 11.6 Å². The van der Waals surface area contributed by atoms with E-state index in [1.165, 1.54) is 6.07 Å². The molecule has 0 aliphatic rings. The molecule has 1 N–H and O–H groups in total. The van der Waals surface area contributed by atoms with Crippen LogP contribution in [-0.2, 0) is 6.54 Å². The van der Waals surface area contributed by atoms with Gasteiger partial charge in [0.1, 0.15) is 5.82 Å². The maximum absolute atomic E-state index is 13.4. The monoisotopic (exact) mass is 258 g/mol. The quantitative estimate of drug-likeness (QED) is 0.757. The summed E-state index contributed by atoms with van der Waals surface area (Å²) in [6.07, 6.45) is 2.23. The van der Waals surface area contributed by atoms with Crippen molar-refractivity contribution in [3.8, 4) is 0 Å². The Morgan fingerprint density at radius 2 is 2.06 bits per heavy atom. The molecule has 0 saturated heterocycles. The highest BCUT2D eigenvalue weighted by atomic mass is 35.5. The molecule has 0 saturated carbocycles. The third-order valence-electron chi connectivity index (χ3n) is 2.57. The lowest BCUT2D eigenvalue weighted by atomic mass is 10.2. The summed E-state index contributed by atoms with van der Waals surface area (Å²) >= 11 is 5.92. The van der Waals surface area contributed by atoms with Crippen molar-refractivity contribution in [2.24, 2.45) is 0 Å². The van der Waals surface area contributed by atoms with Gasteiger partial charge in [0.15, 0.2) is 0 Å². The molecule has 0 heterocycles. The highest BCUT2D eigenvalue weighted by molar-refractivity contribution is 6.31. The van der Waals surface area contributed by atoms with Gasteiger partial charge in [0.2, 0.25) is 0 Å². The first-order valence-corrected chi connectivity index (χ1v) is 6.27. The van der Waals surface area contributed by atoms with Crippen LogP contribution in [0.2, 0.25) is 5.02 Å². The first kappa shape index (κ1) is 14.4. The van der Waals surface area contributed by atoms with Crippen molar-refractivity contribution >= 4 is 11.6 Å². The molecule has 0 aliphatic heterocycles. The smallest absolute Gasteiger partial charge is 0.129 e. The van der Waals surface area contributed by atoms with Crippen LogP contribution in [0.15, 0.2) is 18.2 Å². The van der Waals surface area contributed by atoms with Crippen LogP contribution in [-0.4, -0.2) is 32.1 Å². The van der Waals surface area contributed by atoms with Crippen molar-refractivity contribution in [1.29, 1.82) is 0 Å². The van der Waals surface area contributed by atoms with Gasteiger partial charge in [0.05, 0.1) is 0 Å². The van der Waals surface area contributed by atoms with Crippen molar-refractivity contribution < 1.29 is 4.39 Å². The van der Waals surface area contributed by atoms with E-state index < -0.39 is 0 Å². The normalized spacial score (nSPS) is 11.1. The predicted octanol–water partition coefficient (Wildman–Crippen LogP) is 2.91. The van der Waals surface area contributed by atoms with Gasteiger partial charge in [0, 0.05) is 17.1 Å². The van der Waals surface area contributed by atoms with Crippen LogP contribution in [0.4, 0.5) is 4.39 Å². The maximum atomic E-state index is 13.4. The first-order valence-electron chi connectivity index (χ1n) is 5.89. The van der Waals surface area contributed by atoms with E-state index in [1.54, 1.807) is 12.1 Å². The Morgan fingerprint density at radius 1 is 1.29 bits per heavy atom. The SMILES string of the molecule is CN(C)CCCCNCc1c(F)cccc1Cl. The Bertz CT molecular complexity index is 322. The summed E-state index contributed by atoms with van der Waals surface area (Å²) < 4.78 is 13.4. The van der Waals surface area contributed by atoms with Crippen molar-refractivity contribution in [3.63, 3.8) is 0 Å². The van der Waals surface area contributed by atoms with E-state index in [0.717, 1.165) is 25.9 Å². The van der Waals surface area contributed by atoms with Gasteiger partial charge in [-0.05, 0) is 52.2 Å². The minimum absolute atomic E-state index is 0.238. The zero-order valence-electron chi connectivity index (χ0n) is 10.5. The molecule has 1 aromatic rings. The van der Waals surface area contributed by atoms with E-state index >= 15 is 0 Å². The van der Waals surface area contributed by atoms with E-state index in [0.29, 0.717) is 17.1 Å². The number of nitrogens with one attached hydrogen (secondary N) is 1. The molecule has 0 unspecified atom stereocenters. The molecule has 0 atom stereocenters. The summed E-state index contributed by atoms with van der Waals surface area (Å²) in [6, 6.07) is 4.78. The molecule has 0 fully saturated rings. The van der Waals surface area contributed by atoms with Gasteiger partial charge >= 0.3 is 0 Å². The van der Waals surface area contributed by atoms with E-state index in [2.05, 4.69) is 24.3 Å². The molecule has 96 valence electrons. The second-order valence-corrected chi connectivity index (χ2v) is 4.79. The molecule has 0 aliphatic carbocycles. The molecular formula is C13H20ClFN2. The minimum Gasteiger partial charge on any atom is -0.313 e. The average Bonchev–Trinajstić information content (AvgIpc) is 2.26. The van der Waals surface area contributed by atoms with Crippen LogP contribution in [0.5, 0.6) is 0 Å². The molecule has 4 heteroatoms. The van der Waals surface area contributed by atoms with Crippen LogP contribution < -0.4 is 5.32 Å². The highest BCUT2D eigenvalue weighted by Crippen LogP contribution is 2.18. The number of benzene rings is 1. The third-order valence-corrected chi connectivity index (χ3v) is 2.93. The fourth-order valence-electron chi connectivity index (χ4n) is 1.59. The second-order valence-electron chi connectivity index (χ2n) is 4.39. The summed E-state index contributed by atoms with van der Waals surface area (Å²) in [5.41, 5.74) is 0.557. The van der Waals surface area contributed by atoms with E-state index in [4.69, 9.17) is 11.6 Å². The fraction of sp³-hybridized carbons (Fsp3) is 0.538. The van der Waals surface area contributed by atoms with Crippen LogP contribution in [0.1, 0.15) is 18.4 Å². The van der Waals surface area contributed by atoms with Crippen molar-refractivity contribution in [3.05, 3.63) is 34.6 Å². The molecule has 0 amide bonds. The Kier molecular flexibility index (Phi) is 6.48. The number of rotatable bonds is 7.